The Balaban J connectivity index is 0.000000115. The first-order valence-electron chi connectivity index (χ1n) is 31.1. The fourth-order valence-electron chi connectivity index (χ4n) is 15.5. The van der Waals surface area contributed by atoms with Crippen LogP contribution in [0, 0.1) is 27.1 Å². The topological polar surface area (TPSA) is 144 Å². The van der Waals surface area contributed by atoms with Gasteiger partial charge in [-0.15, -0.1) is 0 Å². The van der Waals surface area contributed by atoms with Gasteiger partial charge in [-0.25, -0.2) is 16.8 Å². The monoisotopic (exact) mass is 1070 g/mol. The predicted molar refractivity (Wildman–Crippen MR) is 301 cm³/mol. The molecule has 0 bridgehead atoms. The molecule has 7 aliphatic heterocycles. The summed E-state index contributed by atoms with van der Waals surface area (Å²) in [6.07, 6.45) is 50.1. The summed E-state index contributed by atoms with van der Waals surface area (Å²) in [5.74, 6) is -0.769. The Morgan fingerprint density at radius 3 is 0.973 bits per heavy atom. The minimum atomic E-state index is -3.39. The van der Waals surface area contributed by atoms with E-state index in [1.54, 1.807) is 0 Å². The third-order valence-corrected chi connectivity index (χ3v) is 24.5. The van der Waals surface area contributed by atoms with Gasteiger partial charge < -0.3 is 35.5 Å². The van der Waals surface area contributed by atoms with Crippen LogP contribution < -0.4 is 21.3 Å². The Hall–Kier alpha value is -1.16. The zero-order valence-corrected chi connectivity index (χ0v) is 48.3. The van der Waals surface area contributed by atoms with Gasteiger partial charge in [-0.2, -0.15) is 0 Å². The first kappa shape index (κ1) is 59.0. The number of hydrogen-bond donors (Lipinski definition) is 4. The third kappa shape index (κ3) is 16.9. The predicted octanol–water partition coefficient (Wildman–Crippen LogP) is 12.0. The van der Waals surface area contributed by atoms with Crippen LogP contribution in [0.2, 0.25) is 0 Å². The van der Waals surface area contributed by atoms with Crippen molar-refractivity contribution in [3.63, 3.8) is 0 Å². The summed E-state index contributed by atoms with van der Waals surface area (Å²) >= 11 is 0. The van der Waals surface area contributed by atoms with E-state index in [1.807, 2.05) is 0 Å². The number of hydrogen-bond acceptors (Lipinski definition) is 11. The molecule has 0 amide bonds. The van der Waals surface area contributed by atoms with Crippen molar-refractivity contribution in [3.05, 3.63) is 24.3 Å². The van der Waals surface area contributed by atoms with E-state index >= 15 is 0 Å². The van der Waals surface area contributed by atoms with Crippen molar-refractivity contribution in [2.45, 2.75) is 240 Å². The van der Waals surface area contributed by atoms with E-state index in [0.717, 1.165) is 67.3 Å². The molecule has 7 heterocycles. The summed E-state index contributed by atoms with van der Waals surface area (Å²) in [7, 11) is -6.78. The third-order valence-electron chi connectivity index (χ3n) is 20.6. The highest BCUT2D eigenvalue weighted by molar-refractivity contribution is 7.97. The lowest BCUT2D eigenvalue weighted by molar-refractivity contribution is -0.279. The van der Waals surface area contributed by atoms with Crippen LogP contribution in [0.3, 0.4) is 0 Å². The largest absolute Gasteiger partial charge is 0.380 e. The smallest absolute Gasteiger partial charge is 0.180 e. The summed E-state index contributed by atoms with van der Waals surface area (Å²) in [4.78, 5) is -0.127. The Bertz CT molecular complexity index is 1800. The van der Waals surface area contributed by atoms with Crippen molar-refractivity contribution < 1.29 is 31.0 Å². The van der Waals surface area contributed by atoms with Gasteiger partial charge in [0.05, 0.1) is 47.7 Å². The highest BCUT2D eigenvalue weighted by Gasteiger charge is 2.41. The molecule has 0 aromatic heterocycles. The first-order valence-corrected chi connectivity index (χ1v) is 34.5. The molecule has 6 aliphatic carbocycles. The maximum absolute atomic E-state index is 11.5. The van der Waals surface area contributed by atoms with Gasteiger partial charge in [-0.3, -0.25) is 0 Å². The molecular formula is C61H106N4O7S2. The van der Waals surface area contributed by atoms with Crippen molar-refractivity contribution >= 4 is 19.7 Å². The van der Waals surface area contributed by atoms with Gasteiger partial charge in [0.15, 0.2) is 25.5 Å². The zero-order chi connectivity index (χ0) is 51.6. The van der Waals surface area contributed by atoms with Crippen LogP contribution in [0.5, 0.6) is 0 Å². The summed E-state index contributed by atoms with van der Waals surface area (Å²) in [5.41, 5.74) is 3.78. The van der Waals surface area contributed by atoms with Crippen LogP contribution in [0.15, 0.2) is 34.1 Å². The number of piperidine rings is 1. The molecule has 74 heavy (non-hydrogen) atoms. The lowest BCUT2D eigenvalue weighted by Crippen LogP contribution is -2.43. The summed E-state index contributed by atoms with van der Waals surface area (Å²) in [5, 5.41) is 13.9. The van der Waals surface area contributed by atoms with Crippen molar-refractivity contribution in [2.24, 2.45) is 27.1 Å². The van der Waals surface area contributed by atoms with E-state index in [2.05, 4.69) is 21.3 Å². The van der Waals surface area contributed by atoms with Crippen molar-refractivity contribution in [2.75, 3.05) is 90.3 Å². The Morgan fingerprint density at radius 2 is 0.649 bits per heavy atom. The molecule has 1 aromatic rings. The number of sulfone groups is 2. The molecule has 13 aliphatic rings. The molecule has 0 unspecified atom stereocenters. The molecular weight excluding hydrogens is 965 g/mol. The Kier molecular flexibility index (Phi) is 22.6. The molecule has 14 rings (SSSR count). The van der Waals surface area contributed by atoms with E-state index < -0.39 is 19.7 Å². The van der Waals surface area contributed by atoms with Crippen LogP contribution in [-0.4, -0.2) is 113 Å². The van der Waals surface area contributed by atoms with Crippen LogP contribution in [0.25, 0.3) is 0 Å². The van der Waals surface area contributed by atoms with Crippen molar-refractivity contribution in [1.82, 2.24) is 21.3 Å². The Labute approximate surface area is 451 Å². The quantitative estimate of drug-likeness (QED) is 0.197. The second-order valence-corrected chi connectivity index (χ2v) is 30.2. The van der Waals surface area contributed by atoms with Crippen LogP contribution in [-0.2, 0) is 33.9 Å². The number of fused-ring (bicyclic) bond motifs is 1. The average molecular weight is 1070 g/mol. The van der Waals surface area contributed by atoms with Gasteiger partial charge >= 0.3 is 0 Å². The normalized spacial score (nSPS) is 29.6. The van der Waals surface area contributed by atoms with E-state index in [0.29, 0.717) is 5.41 Å². The van der Waals surface area contributed by atoms with E-state index in [9.17, 15) is 16.8 Å². The maximum atomic E-state index is 11.5. The van der Waals surface area contributed by atoms with Crippen molar-refractivity contribution in [1.29, 1.82) is 0 Å². The molecule has 4 N–H and O–H groups in total. The SMILES string of the molecule is C1CCC2(C1)CCNC2.C1CCC2(CC1)CCNC2.C1CCC2(CC1)CCNC2.C1CCC2(CC1)CCNCC2.C1CCC2(CC1)COC2.C1CCC2(CC1)OCCCO2.O=S1(=O)CCS(=O)(=O)c2ccccc21. The van der Waals surface area contributed by atoms with E-state index in [1.165, 1.54) is 282 Å². The van der Waals surface area contributed by atoms with Gasteiger partial charge in [0.25, 0.3) is 0 Å². The summed E-state index contributed by atoms with van der Waals surface area (Å²) in [6, 6.07) is 5.72. The van der Waals surface area contributed by atoms with Crippen LogP contribution in [0.4, 0.5) is 0 Å². The first-order chi connectivity index (χ1) is 35.9. The molecule has 6 spiro atoms. The lowest BCUT2D eigenvalue weighted by atomic mass is 9.68. The minimum absolute atomic E-state index is 0.0637. The van der Waals surface area contributed by atoms with Crippen molar-refractivity contribution in [3.8, 4) is 0 Å². The van der Waals surface area contributed by atoms with Crippen LogP contribution in [0.1, 0.15) is 225 Å². The number of ether oxygens (including phenoxy) is 3. The summed E-state index contributed by atoms with van der Waals surface area (Å²) in [6.45, 7) is 14.3. The van der Waals surface area contributed by atoms with Gasteiger partial charge in [0.1, 0.15) is 0 Å². The van der Waals surface area contributed by atoms with Crippen LogP contribution >= 0.6 is 0 Å². The molecule has 6 saturated carbocycles. The second-order valence-electron chi connectivity index (χ2n) is 26.1. The fourth-order valence-corrected chi connectivity index (χ4v) is 19.8. The second kappa shape index (κ2) is 28.3. The van der Waals surface area contributed by atoms with E-state index in [-0.39, 0.29) is 27.1 Å². The summed E-state index contributed by atoms with van der Waals surface area (Å²) < 4.78 is 62.6. The van der Waals surface area contributed by atoms with Gasteiger partial charge in [-0.05, 0) is 182 Å². The molecule has 6 saturated heterocycles. The highest BCUT2D eigenvalue weighted by atomic mass is 32.2. The Morgan fingerprint density at radius 1 is 0.338 bits per heavy atom. The molecule has 0 atom stereocenters. The molecule has 424 valence electrons. The van der Waals surface area contributed by atoms with Gasteiger partial charge in [0, 0.05) is 37.9 Å². The number of benzene rings is 1. The molecule has 12 fully saturated rings. The van der Waals surface area contributed by atoms with Gasteiger partial charge in [0.2, 0.25) is 0 Å². The van der Waals surface area contributed by atoms with E-state index in [4.69, 9.17) is 14.2 Å². The number of rotatable bonds is 0. The maximum Gasteiger partial charge on any atom is 0.180 e. The van der Waals surface area contributed by atoms with Gasteiger partial charge in [-0.1, -0.05) is 108 Å². The standard InChI is InChI=1S/C10H19N.2C9H17N.C9H16O2.C8H15N.C8H8O4S2.C8H14O/c1-2-4-10(5-3-1)6-8-11-9-7-10;2*1-2-4-9(5-3-1)6-7-10-8-9;1-2-5-9(6-3-1)10-7-4-8-11-9;1-2-4-8(3-1)5-6-9-7-8;9-13(10)5-6-14(11,12)8-4-2-1-3-7(8)13;1-2-4-8(5-3-1)6-9-7-8/h11H,1-9H2;2*10H,1-8H2;1-8H2;9H,1-7H2;1-4H,5-6H2;1-7H2. The highest BCUT2D eigenvalue weighted by Crippen LogP contribution is 2.45. The fraction of sp³-hybridized carbons (Fsp3) is 0.902. The average Bonchev–Trinajstić information content (AvgIpc) is 4.30. The minimum Gasteiger partial charge on any atom is -0.380 e. The molecule has 1 aromatic carbocycles. The molecule has 0 radical (unpaired) electrons. The molecule has 11 nitrogen and oxygen atoms in total. The zero-order valence-electron chi connectivity index (χ0n) is 46.6. The lowest BCUT2D eigenvalue weighted by Gasteiger charge is -2.44. The molecule has 13 heteroatoms. The number of nitrogens with one attached hydrogen (secondary N) is 4.